The lowest BCUT2D eigenvalue weighted by Crippen LogP contribution is -2.03. The maximum Gasteiger partial charge on any atom is 0.356 e. The highest BCUT2D eigenvalue weighted by Crippen LogP contribution is 2.08. The highest BCUT2D eigenvalue weighted by Gasteiger charge is 2.11. The van der Waals surface area contributed by atoms with Crippen LogP contribution in [0.3, 0.4) is 0 Å². The van der Waals surface area contributed by atoms with Crippen molar-refractivity contribution in [2.24, 2.45) is 0 Å². The number of aromatic amines is 1. The fourth-order valence-corrected chi connectivity index (χ4v) is 1.05. The van der Waals surface area contributed by atoms with Gasteiger partial charge in [0.05, 0.1) is 13.3 Å². The molecule has 70 valence electrons. The number of carbonyl (C=O) groups excluding carboxylic acids is 1. The Morgan fingerprint density at radius 3 is 3.23 bits per heavy atom. The smallest absolute Gasteiger partial charge is 0.356 e. The molecule has 0 bridgehead atoms. The van der Waals surface area contributed by atoms with Gasteiger partial charge in [-0.25, -0.2) is 4.79 Å². The minimum atomic E-state index is -0.410. The molecule has 0 saturated carbocycles. The average molecular weight is 245 g/mol. The van der Waals surface area contributed by atoms with Gasteiger partial charge in [0, 0.05) is 10.9 Å². The van der Waals surface area contributed by atoms with Crippen LogP contribution in [-0.4, -0.2) is 28.6 Å². The van der Waals surface area contributed by atoms with E-state index in [9.17, 15) is 4.79 Å². The third-order valence-electron chi connectivity index (χ3n) is 1.44. The Hall–Kier alpha value is -1.10. The van der Waals surface area contributed by atoms with E-state index in [1.54, 1.807) is 12.3 Å². The Morgan fingerprint density at radius 2 is 2.62 bits per heavy atom. The second-order valence-corrected chi connectivity index (χ2v) is 2.90. The molecule has 1 aromatic rings. The Kier molecular flexibility index (Phi) is 3.70. The molecule has 0 aliphatic rings. The molecule has 0 aromatic carbocycles. The van der Waals surface area contributed by atoms with Gasteiger partial charge in [-0.15, -0.1) is 0 Å². The van der Waals surface area contributed by atoms with Crippen molar-refractivity contribution < 1.29 is 9.53 Å². The number of aromatic nitrogens is 2. The van der Waals surface area contributed by atoms with Crippen LogP contribution in [-0.2, 0) is 4.74 Å². The lowest BCUT2D eigenvalue weighted by atomic mass is 10.2. The van der Waals surface area contributed by atoms with Gasteiger partial charge >= 0.3 is 5.97 Å². The molecule has 1 rings (SSSR count). The van der Waals surface area contributed by atoms with Gasteiger partial charge in [0.15, 0.2) is 5.69 Å². The summed E-state index contributed by atoms with van der Waals surface area (Å²) in [6, 6.07) is 0. The van der Waals surface area contributed by atoms with Gasteiger partial charge in [-0.1, -0.05) is 28.1 Å². The van der Waals surface area contributed by atoms with E-state index < -0.39 is 5.97 Å². The number of H-pyrrole nitrogens is 1. The quantitative estimate of drug-likeness (QED) is 0.650. The zero-order chi connectivity index (χ0) is 9.68. The monoisotopic (exact) mass is 244 g/mol. The van der Waals surface area contributed by atoms with E-state index >= 15 is 0 Å². The van der Waals surface area contributed by atoms with Crippen molar-refractivity contribution in [3.05, 3.63) is 23.5 Å². The average Bonchev–Trinajstić information content (AvgIpc) is 2.61. The van der Waals surface area contributed by atoms with Crippen molar-refractivity contribution >= 4 is 28.0 Å². The van der Waals surface area contributed by atoms with Gasteiger partial charge in [0.25, 0.3) is 0 Å². The fourth-order valence-electron chi connectivity index (χ4n) is 0.859. The number of halogens is 1. The minimum Gasteiger partial charge on any atom is -0.464 e. The van der Waals surface area contributed by atoms with Crippen LogP contribution in [0.4, 0.5) is 0 Å². The number of rotatable bonds is 3. The van der Waals surface area contributed by atoms with Crippen molar-refractivity contribution in [2.75, 3.05) is 12.4 Å². The van der Waals surface area contributed by atoms with E-state index in [1.807, 2.05) is 6.08 Å². The number of esters is 1. The van der Waals surface area contributed by atoms with Crippen LogP contribution in [0.5, 0.6) is 0 Å². The van der Waals surface area contributed by atoms with Crippen LogP contribution < -0.4 is 0 Å². The molecule has 0 aliphatic carbocycles. The van der Waals surface area contributed by atoms with Crippen LogP contribution in [0.15, 0.2) is 12.3 Å². The van der Waals surface area contributed by atoms with E-state index in [1.165, 1.54) is 7.11 Å². The minimum absolute atomic E-state index is 0.375. The fraction of sp³-hybridized carbons (Fsp3) is 0.250. The lowest BCUT2D eigenvalue weighted by molar-refractivity contribution is 0.0594. The van der Waals surface area contributed by atoms with Crippen LogP contribution in [0, 0.1) is 0 Å². The largest absolute Gasteiger partial charge is 0.464 e. The highest BCUT2D eigenvalue weighted by molar-refractivity contribution is 9.09. The third kappa shape index (κ3) is 2.42. The number of allylic oxidation sites excluding steroid dienone is 1. The normalized spacial score (nSPS) is 10.6. The van der Waals surface area contributed by atoms with Crippen molar-refractivity contribution in [3.8, 4) is 0 Å². The second-order valence-electron chi connectivity index (χ2n) is 2.25. The first-order valence-corrected chi connectivity index (χ1v) is 4.76. The standard InChI is InChI=1S/C8H9BrN2O2/c1-13-8(12)7-6(3-2-4-9)5-10-11-7/h2-3,5H,4H2,1H3,(H,10,11). The molecule has 0 spiro atoms. The van der Waals surface area contributed by atoms with Crippen LogP contribution in [0.1, 0.15) is 16.1 Å². The maximum absolute atomic E-state index is 11.1. The maximum atomic E-state index is 11.1. The predicted octanol–water partition coefficient (Wildman–Crippen LogP) is 1.60. The molecular formula is C8H9BrN2O2. The first-order valence-electron chi connectivity index (χ1n) is 3.63. The Balaban J connectivity index is 2.89. The number of alkyl halides is 1. The first-order chi connectivity index (χ1) is 6.29. The molecule has 0 aliphatic heterocycles. The second kappa shape index (κ2) is 4.81. The van der Waals surface area contributed by atoms with Crippen LogP contribution in [0.25, 0.3) is 6.08 Å². The molecule has 0 atom stereocenters. The number of hydrogen-bond donors (Lipinski definition) is 1. The van der Waals surface area contributed by atoms with Crippen molar-refractivity contribution in [1.82, 2.24) is 10.2 Å². The molecule has 13 heavy (non-hydrogen) atoms. The summed E-state index contributed by atoms with van der Waals surface area (Å²) in [5.41, 5.74) is 1.10. The van der Waals surface area contributed by atoms with Crippen LogP contribution >= 0.6 is 15.9 Å². The summed E-state index contributed by atoms with van der Waals surface area (Å²) >= 11 is 3.24. The van der Waals surface area contributed by atoms with E-state index in [2.05, 4.69) is 30.9 Å². The van der Waals surface area contributed by atoms with Gasteiger partial charge in [0.1, 0.15) is 0 Å². The topological polar surface area (TPSA) is 55.0 Å². The zero-order valence-electron chi connectivity index (χ0n) is 7.08. The summed E-state index contributed by atoms with van der Waals surface area (Å²) in [6.07, 6.45) is 5.24. The Morgan fingerprint density at radius 1 is 1.85 bits per heavy atom. The van der Waals surface area contributed by atoms with Gasteiger partial charge in [-0.3, -0.25) is 5.10 Å². The predicted molar refractivity (Wildman–Crippen MR) is 52.8 cm³/mol. The van der Waals surface area contributed by atoms with Crippen molar-refractivity contribution in [2.45, 2.75) is 0 Å². The van der Waals surface area contributed by atoms with E-state index in [0.717, 1.165) is 10.9 Å². The number of nitrogens with zero attached hydrogens (tertiary/aromatic N) is 1. The molecule has 0 amide bonds. The van der Waals surface area contributed by atoms with E-state index in [-0.39, 0.29) is 0 Å². The lowest BCUT2D eigenvalue weighted by Gasteiger charge is -1.95. The molecule has 0 fully saturated rings. The van der Waals surface area contributed by atoms with Gasteiger partial charge in [-0.2, -0.15) is 5.10 Å². The van der Waals surface area contributed by atoms with Crippen molar-refractivity contribution in [3.63, 3.8) is 0 Å². The number of hydrogen-bond acceptors (Lipinski definition) is 3. The van der Waals surface area contributed by atoms with Crippen molar-refractivity contribution in [1.29, 1.82) is 0 Å². The molecule has 1 aromatic heterocycles. The number of methoxy groups -OCH3 is 1. The molecule has 1 heterocycles. The van der Waals surface area contributed by atoms with E-state index in [0.29, 0.717) is 5.69 Å². The third-order valence-corrected chi connectivity index (χ3v) is 1.82. The Bertz CT molecular complexity index is 320. The number of carbonyl (C=O) groups is 1. The van der Waals surface area contributed by atoms with Gasteiger partial charge in [0.2, 0.25) is 0 Å². The molecule has 5 heteroatoms. The highest BCUT2D eigenvalue weighted by atomic mass is 79.9. The summed E-state index contributed by atoms with van der Waals surface area (Å²) in [4.78, 5) is 11.1. The molecule has 0 saturated heterocycles. The number of ether oxygens (including phenoxy) is 1. The number of nitrogens with one attached hydrogen (secondary N) is 1. The molecule has 0 unspecified atom stereocenters. The summed E-state index contributed by atoms with van der Waals surface area (Å²) in [6.45, 7) is 0. The molecule has 1 N–H and O–H groups in total. The Labute approximate surface area is 84.1 Å². The molecule has 4 nitrogen and oxygen atoms in total. The summed E-state index contributed by atoms with van der Waals surface area (Å²) < 4.78 is 4.56. The summed E-state index contributed by atoms with van der Waals surface area (Å²) in [5, 5.41) is 7.06. The van der Waals surface area contributed by atoms with Crippen LogP contribution in [0.2, 0.25) is 0 Å². The summed E-state index contributed by atoms with van der Waals surface area (Å²) in [7, 11) is 1.33. The molecule has 0 radical (unpaired) electrons. The van der Waals surface area contributed by atoms with Gasteiger partial charge < -0.3 is 4.74 Å². The van der Waals surface area contributed by atoms with Gasteiger partial charge in [-0.05, 0) is 0 Å². The SMILES string of the molecule is COC(=O)c1[nH]ncc1C=CCBr. The molecular weight excluding hydrogens is 236 g/mol. The zero-order valence-corrected chi connectivity index (χ0v) is 8.67. The first kappa shape index (κ1) is 9.98. The van der Waals surface area contributed by atoms with E-state index in [4.69, 9.17) is 0 Å². The summed E-state index contributed by atoms with van der Waals surface area (Å²) in [5.74, 6) is -0.410.